The Hall–Kier alpha value is -2.11. The maximum absolute atomic E-state index is 11.0. The molecule has 2 aromatic rings. The fourth-order valence-electron chi connectivity index (χ4n) is 1.52. The monoisotopic (exact) mass is 219 g/mol. The zero-order valence-electron chi connectivity index (χ0n) is 9.43. The van der Waals surface area contributed by atoms with Gasteiger partial charge in [-0.05, 0) is 0 Å². The van der Waals surface area contributed by atoms with Crippen molar-refractivity contribution >= 4 is 11.7 Å². The fourth-order valence-corrected chi connectivity index (χ4v) is 1.52. The topological polar surface area (TPSA) is 64.7 Å². The van der Waals surface area contributed by atoms with Crippen LogP contribution in [0.5, 0.6) is 0 Å². The summed E-state index contributed by atoms with van der Waals surface area (Å²) in [5.41, 5.74) is 1.80. The van der Waals surface area contributed by atoms with E-state index in [-0.39, 0.29) is 5.91 Å². The highest BCUT2D eigenvalue weighted by Gasteiger charge is 2.12. The van der Waals surface area contributed by atoms with Crippen LogP contribution in [-0.2, 0) is 18.9 Å². The van der Waals surface area contributed by atoms with Gasteiger partial charge in [0.1, 0.15) is 0 Å². The zero-order valence-corrected chi connectivity index (χ0v) is 9.43. The van der Waals surface area contributed by atoms with Crippen LogP contribution >= 0.6 is 0 Å². The molecular weight excluding hydrogens is 206 g/mol. The quantitative estimate of drug-likeness (QED) is 0.811. The largest absolute Gasteiger partial charge is 0.309 e. The summed E-state index contributed by atoms with van der Waals surface area (Å²) in [6.07, 6.45) is 5.47. The molecule has 0 bridgehead atoms. The summed E-state index contributed by atoms with van der Waals surface area (Å²) in [4.78, 5) is 11.0. The zero-order chi connectivity index (χ0) is 11.7. The van der Waals surface area contributed by atoms with Crippen molar-refractivity contribution in [2.24, 2.45) is 14.1 Å². The van der Waals surface area contributed by atoms with Crippen LogP contribution in [0.2, 0.25) is 0 Å². The minimum atomic E-state index is -0.135. The van der Waals surface area contributed by atoms with Gasteiger partial charge >= 0.3 is 0 Å². The summed E-state index contributed by atoms with van der Waals surface area (Å²) in [6, 6.07) is 0. The molecule has 0 spiro atoms. The predicted molar refractivity (Wildman–Crippen MR) is 59.7 cm³/mol. The molecule has 0 atom stereocenters. The van der Waals surface area contributed by atoms with Gasteiger partial charge in [-0.3, -0.25) is 14.2 Å². The smallest absolute Gasteiger partial charge is 0.222 e. The molecule has 0 saturated carbocycles. The molecule has 2 aromatic heterocycles. The van der Waals surface area contributed by atoms with E-state index in [2.05, 4.69) is 15.5 Å². The number of anilines is 1. The van der Waals surface area contributed by atoms with E-state index in [0.717, 1.165) is 11.1 Å². The van der Waals surface area contributed by atoms with E-state index in [9.17, 15) is 4.79 Å². The maximum Gasteiger partial charge on any atom is 0.222 e. The van der Waals surface area contributed by atoms with E-state index < -0.39 is 0 Å². The van der Waals surface area contributed by atoms with Gasteiger partial charge in [0.05, 0.1) is 6.20 Å². The Morgan fingerprint density at radius 1 is 1.31 bits per heavy atom. The second kappa shape index (κ2) is 3.80. The van der Waals surface area contributed by atoms with Gasteiger partial charge < -0.3 is 5.32 Å². The first-order valence-corrected chi connectivity index (χ1v) is 4.86. The van der Waals surface area contributed by atoms with Crippen LogP contribution in [0.4, 0.5) is 5.82 Å². The number of nitrogens with one attached hydrogen (secondary N) is 1. The van der Waals surface area contributed by atoms with Crippen LogP contribution in [0.15, 0.2) is 18.6 Å². The number of rotatable bonds is 2. The summed E-state index contributed by atoms with van der Waals surface area (Å²) < 4.78 is 3.37. The van der Waals surface area contributed by atoms with Crippen molar-refractivity contribution < 1.29 is 4.79 Å². The van der Waals surface area contributed by atoms with E-state index in [4.69, 9.17) is 0 Å². The lowest BCUT2D eigenvalue weighted by molar-refractivity contribution is -0.114. The summed E-state index contributed by atoms with van der Waals surface area (Å²) >= 11 is 0. The first-order valence-electron chi connectivity index (χ1n) is 4.86. The van der Waals surface area contributed by atoms with Gasteiger partial charge in [0.2, 0.25) is 5.91 Å². The minimum absolute atomic E-state index is 0.135. The molecule has 2 rings (SSSR count). The minimum Gasteiger partial charge on any atom is -0.309 e. The van der Waals surface area contributed by atoms with Crippen molar-refractivity contribution in [2.75, 3.05) is 5.32 Å². The second-order valence-electron chi connectivity index (χ2n) is 3.65. The molecule has 0 unspecified atom stereocenters. The van der Waals surface area contributed by atoms with E-state index in [1.165, 1.54) is 6.92 Å². The van der Waals surface area contributed by atoms with Gasteiger partial charge in [0, 0.05) is 44.5 Å². The number of aromatic nitrogens is 4. The van der Waals surface area contributed by atoms with Crippen molar-refractivity contribution in [1.29, 1.82) is 0 Å². The van der Waals surface area contributed by atoms with Crippen molar-refractivity contribution in [2.45, 2.75) is 6.92 Å². The van der Waals surface area contributed by atoms with Gasteiger partial charge in [-0.25, -0.2) is 0 Å². The van der Waals surface area contributed by atoms with Crippen LogP contribution in [0.3, 0.4) is 0 Å². The number of aryl methyl sites for hydroxylation is 2. The third-order valence-corrected chi connectivity index (χ3v) is 2.14. The van der Waals surface area contributed by atoms with Crippen LogP contribution in [0, 0.1) is 0 Å². The first kappa shape index (κ1) is 10.4. The van der Waals surface area contributed by atoms with Crippen molar-refractivity contribution in [3.05, 3.63) is 18.6 Å². The first-order chi connectivity index (χ1) is 7.56. The normalized spacial score (nSPS) is 10.4. The Balaban J connectivity index is 2.43. The third-order valence-electron chi connectivity index (χ3n) is 2.14. The number of nitrogens with zero attached hydrogens (tertiary/aromatic N) is 4. The molecule has 0 aliphatic rings. The molecule has 1 N–H and O–H groups in total. The lowest BCUT2D eigenvalue weighted by atomic mass is 10.2. The van der Waals surface area contributed by atoms with Crippen molar-refractivity contribution in [1.82, 2.24) is 19.6 Å². The van der Waals surface area contributed by atoms with Gasteiger partial charge in [0.25, 0.3) is 0 Å². The Labute approximate surface area is 92.9 Å². The molecule has 0 saturated heterocycles. The van der Waals surface area contributed by atoms with Gasteiger partial charge in [-0.2, -0.15) is 10.2 Å². The predicted octanol–water partition coefficient (Wildman–Crippen LogP) is 0.779. The Bertz CT molecular complexity index is 525. The molecule has 84 valence electrons. The average molecular weight is 219 g/mol. The second-order valence-corrected chi connectivity index (χ2v) is 3.65. The SMILES string of the molecule is CC(=O)Nc1nn(C)cc1-c1cnn(C)c1. The van der Waals surface area contributed by atoms with E-state index in [0.29, 0.717) is 5.82 Å². The molecule has 6 nitrogen and oxygen atoms in total. The van der Waals surface area contributed by atoms with Gasteiger partial charge in [-0.1, -0.05) is 0 Å². The molecule has 0 aliphatic carbocycles. The number of carbonyl (C=O) groups excluding carboxylic acids is 1. The van der Waals surface area contributed by atoms with Crippen LogP contribution in [0.25, 0.3) is 11.1 Å². The Morgan fingerprint density at radius 3 is 2.62 bits per heavy atom. The number of amides is 1. The van der Waals surface area contributed by atoms with E-state index >= 15 is 0 Å². The summed E-state index contributed by atoms with van der Waals surface area (Å²) in [5, 5.41) is 11.0. The van der Waals surface area contributed by atoms with E-state index in [1.54, 1.807) is 15.6 Å². The molecule has 1 amide bonds. The summed E-state index contributed by atoms with van der Waals surface area (Å²) in [6.45, 7) is 1.46. The highest BCUT2D eigenvalue weighted by Crippen LogP contribution is 2.25. The molecule has 0 aliphatic heterocycles. The fraction of sp³-hybridized carbons (Fsp3) is 0.300. The molecule has 0 fully saturated rings. The molecule has 0 radical (unpaired) electrons. The number of carbonyl (C=O) groups is 1. The molecule has 16 heavy (non-hydrogen) atoms. The average Bonchev–Trinajstić information content (AvgIpc) is 2.72. The van der Waals surface area contributed by atoms with Crippen LogP contribution < -0.4 is 5.32 Å². The van der Waals surface area contributed by atoms with Crippen LogP contribution in [-0.4, -0.2) is 25.5 Å². The molecular formula is C10H13N5O. The maximum atomic E-state index is 11.0. The number of hydrogen-bond acceptors (Lipinski definition) is 3. The Kier molecular flexibility index (Phi) is 2.47. The highest BCUT2D eigenvalue weighted by atomic mass is 16.1. The summed E-state index contributed by atoms with van der Waals surface area (Å²) in [7, 11) is 3.66. The van der Waals surface area contributed by atoms with Crippen molar-refractivity contribution in [3.63, 3.8) is 0 Å². The molecule has 0 aromatic carbocycles. The molecule has 2 heterocycles. The van der Waals surface area contributed by atoms with Crippen molar-refractivity contribution in [3.8, 4) is 11.1 Å². The van der Waals surface area contributed by atoms with Gasteiger partial charge in [-0.15, -0.1) is 0 Å². The molecule has 6 heteroatoms. The number of hydrogen-bond donors (Lipinski definition) is 1. The summed E-state index contributed by atoms with van der Waals surface area (Å²) in [5.74, 6) is 0.423. The van der Waals surface area contributed by atoms with Crippen LogP contribution in [0.1, 0.15) is 6.92 Å². The van der Waals surface area contributed by atoms with E-state index in [1.807, 2.05) is 26.5 Å². The highest BCUT2D eigenvalue weighted by molar-refractivity contribution is 5.92. The third kappa shape index (κ3) is 1.95. The van der Waals surface area contributed by atoms with Gasteiger partial charge in [0.15, 0.2) is 5.82 Å². The lowest BCUT2D eigenvalue weighted by Crippen LogP contribution is -2.07. The lowest BCUT2D eigenvalue weighted by Gasteiger charge is -1.99. The Morgan fingerprint density at radius 2 is 2.06 bits per heavy atom. The standard InChI is InChI=1S/C10H13N5O/c1-7(16)12-10-9(6-15(3)13-10)8-4-11-14(2)5-8/h4-6H,1-3H3,(H,12,13,16).